The standard InChI is InChI=1S/C9H10N2O6S2/c1-17-8(14)5-19(15,16)11-9-10-4-6(18-9)2-3-7(12)13/h2-4H,5H2,1H3,(H,10,11)(H,12,13). The Bertz CT molecular complexity index is 604. The molecule has 19 heavy (non-hydrogen) atoms. The van der Waals surface area contributed by atoms with Crippen molar-refractivity contribution in [3.63, 3.8) is 0 Å². The SMILES string of the molecule is COC(=O)CS(=O)(=O)Nc1ncc(C=CC(=O)O)s1. The van der Waals surface area contributed by atoms with Crippen LogP contribution in [0.5, 0.6) is 0 Å². The molecule has 0 unspecified atom stereocenters. The average molecular weight is 306 g/mol. The molecule has 2 N–H and O–H groups in total. The fourth-order valence-corrected chi connectivity index (χ4v) is 2.88. The van der Waals surface area contributed by atoms with Crippen LogP contribution in [0.3, 0.4) is 0 Å². The van der Waals surface area contributed by atoms with Gasteiger partial charge < -0.3 is 9.84 Å². The zero-order chi connectivity index (χ0) is 14.5. The molecule has 0 aliphatic carbocycles. The van der Waals surface area contributed by atoms with E-state index >= 15 is 0 Å². The number of carboxylic acids is 1. The largest absolute Gasteiger partial charge is 0.478 e. The van der Waals surface area contributed by atoms with Crippen LogP contribution in [0.25, 0.3) is 6.08 Å². The molecule has 1 rings (SSSR count). The minimum Gasteiger partial charge on any atom is -0.478 e. The summed E-state index contributed by atoms with van der Waals surface area (Å²) in [6.07, 6.45) is 3.48. The molecular weight excluding hydrogens is 296 g/mol. The van der Waals surface area contributed by atoms with E-state index in [1.54, 1.807) is 0 Å². The summed E-state index contributed by atoms with van der Waals surface area (Å²) in [6, 6.07) is 0. The normalized spacial score (nSPS) is 11.4. The van der Waals surface area contributed by atoms with Crippen LogP contribution in [-0.2, 0) is 24.3 Å². The highest BCUT2D eigenvalue weighted by Gasteiger charge is 2.18. The van der Waals surface area contributed by atoms with Gasteiger partial charge in [-0.1, -0.05) is 11.3 Å². The lowest BCUT2D eigenvalue weighted by atomic mass is 10.4. The van der Waals surface area contributed by atoms with E-state index in [1.165, 1.54) is 12.3 Å². The summed E-state index contributed by atoms with van der Waals surface area (Å²) in [4.78, 5) is 25.4. The van der Waals surface area contributed by atoms with Gasteiger partial charge in [-0.2, -0.15) is 0 Å². The van der Waals surface area contributed by atoms with Crippen molar-refractivity contribution in [1.29, 1.82) is 0 Å². The molecule has 0 spiro atoms. The van der Waals surface area contributed by atoms with Crippen molar-refractivity contribution in [2.24, 2.45) is 0 Å². The highest BCUT2D eigenvalue weighted by Crippen LogP contribution is 2.20. The fourth-order valence-electron chi connectivity index (χ4n) is 0.947. The fraction of sp³-hybridized carbons (Fsp3) is 0.222. The summed E-state index contributed by atoms with van der Waals surface area (Å²) in [5.74, 6) is -2.83. The van der Waals surface area contributed by atoms with Gasteiger partial charge in [0, 0.05) is 17.2 Å². The Labute approximate surface area is 112 Å². The van der Waals surface area contributed by atoms with Crippen molar-refractivity contribution in [3.05, 3.63) is 17.2 Å². The Morgan fingerprint density at radius 3 is 2.84 bits per heavy atom. The molecule has 0 radical (unpaired) electrons. The van der Waals surface area contributed by atoms with Gasteiger partial charge in [0.25, 0.3) is 0 Å². The number of hydrogen-bond donors (Lipinski definition) is 2. The maximum Gasteiger partial charge on any atom is 0.328 e. The van der Waals surface area contributed by atoms with Crippen LogP contribution in [-0.4, -0.2) is 43.3 Å². The van der Waals surface area contributed by atoms with Gasteiger partial charge in [-0.25, -0.2) is 18.2 Å². The first-order valence-electron chi connectivity index (χ1n) is 4.76. The molecule has 104 valence electrons. The second-order valence-corrected chi connectivity index (χ2v) is 5.96. The third-order valence-corrected chi connectivity index (χ3v) is 3.82. The van der Waals surface area contributed by atoms with E-state index < -0.39 is 27.7 Å². The van der Waals surface area contributed by atoms with Crippen LogP contribution < -0.4 is 4.72 Å². The lowest BCUT2D eigenvalue weighted by molar-refractivity contribution is -0.137. The van der Waals surface area contributed by atoms with Crippen LogP contribution >= 0.6 is 11.3 Å². The molecule has 1 aromatic rings. The Kier molecular flexibility index (Phi) is 5.01. The first-order chi connectivity index (χ1) is 8.82. The number of methoxy groups -OCH3 is 1. The maximum atomic E-state index is 11.5. The Morgan fingerprint density at radius 1 is 1.58 bits per heavy atom. The number of esters is 1. The van der Waals surface area contributed by atoms with Crippen LogP contribution in [0.1, 0.15) is 4.88 Å². The van der Waals surface area contributed by atoms with E-state index in [1.807, 2.05) is 0 Å². The monoisotopic (exact) mass is 306 g/mol. The molecule has 0 bridgehead atoms. The lowest BCUT2D eigenvalue weighted by Crippen LogP contribution is -2.23. The lowest BCUT2D eigenvalue weighted by Gasteiger charge is -2.02. The number of carboxylic acid groups (broad SMARTS) is 1. The van der Waals surface area contributed by atoms with Crippen LogP contribution in [0.2, 0.25) is 0 Å². The second-order valence-electron chi connectivity index (χ2n) is 3.18. The van der Waals surface area contributed by atoms with E-state index in [0.717, 1.165) is 24.5 Å². The quantitative estimate of drug-likeness (QED) is 0.566. The van der Waals surface area contributed by atoms with Crippen LogP contribution in [0.15, 0.2) is 12.3 Å². The van der Waals surface area contributed by atoms with Gasteiger partial charge in [0.05, 0.1) is 7.11 Å². The van der Waals surface area contributed by atoms with Crippen molar-refractivity contribution >= 4 is 44.5 Å². The number of anilines is 1. The van der Waals surface area contributed by atoms with E-state index in [-0.39, 0.29) is 5.13 Å². The Hall–Kier alpha value is -1.94. The number of thiazole rings is 1. The van der Waals surface area contributed by atoms with Crippen molar-refractivity contribution in [1.82, 2.24) is 4.98 Å². The Morgan fingerprint density at radius 2 is 2.26 bits per heavy atom. The molecule has 0 amide bonds. The summed E-state index contributed by atoms with van der Waals surface area (Å²) >= 11 is 0.933. The van der Waals surface area contributed by atoms with Gasteiger partial charge in [0.15, 0.2) is 10.9 Å². The number of hydrogen-bond acceptors (Lipinski definition) is 7. The van der Waals surface area contributed by atoms with Gasteiger partial charge >= 0.3 is 11.9 Å². The number of nitrogens with one attached hydrogen (secondary N) is 1. The molecule has 0 saturated carbocycles. The van der Waals surface area contributed by atoms with E-state index in [4.69, 9.17) is 5.11 Å². The minimum atomic E-state index is -3.88. The first-order valence-corrected chi connectivity index (χ1v) is 7.23. The third-order valence-electron chi connectivity index (χ3n) is 1.69. The first kappa shape index (κ1) is 15.1. The molecule has 0 saturated heterocycles. The molecule has 0 aliphatic rings. The molecule has 1 heterocycles. The van der Waals surface area contributed by atoms with Gasteiger partial charge in [-0.3, -0.25) is 9.52 Å². The van der Waals surface area contributed by atoms with Crippen LogP contribution in [0.4, 0.5) is 5.13 Å². The highest BCUT2D eigenvalue weighted by molar-refractivity contribution is 7.93. The number of carbonyl (C=O) groups excluding carboxylic acids is 1. The second kappa shape index (κ2) is 6.29. The van der Waals surface area contributed by atoms with Gasteiger partial charge in [-0.15, -0.1) is 0 Å². The number of sulfonamides is 1. The van der Waals surface area contributed by atoms with Crippen molar-refractivity contribution in [2.45, 2.75) is 0 Å². The van der Waals surface area contributed by atoms with Crippen molar-refractivity contribution < 1.29 is 27.9 Å². The minimum absolute atomic E-state index is 0.0361. The predicted octanol–water partition coefficient (Wildman–Crippen LogP) is 0.156. The predicted molar refractivity (Wildman–Crippen MR) is 68.2 cm³/mol. The third kappa shape index (κ3) is 5.48. The molecule has 8 nitrogen and oxygen atoms in total. The van der Waals surface area contributed by atoms with Gasteiger partial charge in [0.2, 0.25) is 10.0 Å². The van der Waals surface area contributed by atoms with E-state index in [0.29, 0.717) is 4.88 Å². The molecule has 10 heteroatoms. The topological polar surface area (TPSA) is 123 Å². The molecular formula is C9H10N2O6S2. The van der Waals surface area contributed by atoms with Crippen LogP contribution in [0, 0.1) is 0 Å². The van der Waals surface area contributed by atoms with Crippen molar-refractivity contribution in [2.75, 3.05) is 17.6 Å². The number of ether oxygens (including phenoxy) is 1. The summed E-state index contributed by atoms with van der Waals surface area (Å²) < 4.78 is 29.3. The van der Waals surface area contributed by atoms with E-state index in [2.05, 4.69) is 14.4 Å². The number of nitrogens with zero attached hydrogens (tertiary/aromatic N) is 1. The molecule has 0 aliphatic heterocycles. The number of rotatable bonds is 6. The average Bonchev–Trinajstić information content (AvgIpc) is 2.72. The number of aromatic nitrogens is 1. The van der Waals surface area contributed by atoms with Gasteiger partial charge in [0.1, 0.15) is 0 Å². The molecule has 0 atom stereocenters. The maximum absolute atomic E-state index is 11.5. The zero-order valence-corrected chi connectivity index (χ0v) is 11.3. The Balaban J connectivity index is 2.73. The number of carbonyl (C=O) groups is 2. The summed E-state index contributed by atoms with van der Waals surface area (Å²) in [5, 5.41) is 8.46. The smallest absolute Gasteiger partial charge is 0.328 e. The molecule has 0 aromatic carbocycles. The van der Waals surface area contributed by atoms with Crippen molar-refractivity contribution in [3.8, 4) is 0 Å². The summed E-state index contributed by atoms with van der Waals surface area (Å²) in [5.41, 5.74) is 0. The molecule has 1 aromatic heterocycles. The molecule has 0 fully saturated rings. The highest BCUT2D eigenvalue weighted by atomic mass is 32.2. The summed E-state index contributed by atoms with van der Waals surface area (Å²) in [7, 11) is -2.80. The number of aliphatic carboxylic acids is 1. The van der Waals surface area contributed by atoms with E-state index in [9.17, 15) is 18.0 Å². The zero-order valence-electron chi connectivity index (χ0n) is 9.69. The van der Waals surface area contributed by atoms with Gasteiger partial charge in [-0.05, 0) is 6.08 Å². The summed E-state index contributed by atoms with van der Waals surface area (Å²) in [6.45, 7) is 0.